The van der Waals surface area contributed by atoms with E-state index in [2.05, 4.69) is 41.0 Å². The van der Waals surface area contributed by atoms with Crippen molar-refractivity contribution in [2.75, 3.05) is 24.5 Å². The van der Waals surface area contributed by atoms with E-state index in [-0.39, 0.29) is 11.8 Å². The van der Waals surface area contributed by atoms with Crippen LogP contribution in [-0.2, 0) is 4.79 Å². The molecule has 6 heteroatoms. The molecule has 1 N–H and O–H groups in total. The first-order chi connectivity index (χ1) is 11.1. The lowest BCUT2D eigenvalue weighted by atomic mass is 9.95. The zero-order valence-electron chi connectivity index (χ0n) is 14.1. The van der Waals surface area contributed by atoms with Gasteiger partial charge in [-0.1, -0.05) is 6.92 Å². The number of fused-ring (bicyclic) bond motifs is 1. The molecule has 1 fully saturated rings. The van der Waals surface area contributed by atoms with Gasteiger partial charge in [0.15, 0.2) is 0 Å². The molecule has 5 nitrogen and oxygen atoms in total. The molecule has 1 aliphatic heterocycles. The lowest BCUT2D eigenvalue weighted by molar-refractivity contribution is -0.125. The minimum Gasteiger partial charge on any atom is -0.356 e. The van der Waals surface area contributed by atoms with Crippen LogP contribution in [0.3, 0.4) is 0 Å². The van der Waals surface area contributed by atoms with E-state index in [1.807, 2.05) is 0 Å². The van der Waals surface area contributed by atoms with E-state index in [9.17, 15) is 4.79 Å². The van der Waals surface area contributed by atoms with Gasteiger partial charge in [0.1, 0.15) is 17.0 Å². The first-order valence-electron chi connectivity index (χ1n) is 8.35. The van der Waals surface area contributed by atoms with Gasteiger partial charge in [0.2, 0.25) is 5.91 Å². The summed E-state index contributed by atoms with van der Waals surface area (Å²) >= 11 is 1.73. The van der Waals surface area contributed by atoms with Gasteiger partial charge >= 0.3 is 0 Å². The second-order valence-corrected chi connectivity index (χ2v) is 7.42. The molecular weight excluding hydrogens is 308 g/mol. The van der Waals surface area contributed by atoms with Crippen molar-refractivity contribution in [2.45, 2.75) is 40.0 Å². The number of anilines is 1. The van der Waals surface area contributed by atoms with E-state index in [0.717, 1.165) is 49.5 Å². The summed E-state index contributed by atoms with van der Waals surface area (Å²) in [6.45, 7) is 8.89. The minimum absolute atomic E-state index is 0.139. The van der Waals surface area contributed by atoms with E-state index >= 15 is 0 Å². The fraction of sp³-hybridized carbons (Fsp3) is 0.588. The largest absolute Gasteiger partial charge is 0.356 e. The Labute approximate surface area is 141 Å². The average Bonchev–Trinajstić information content (AvgIpc) is 2.87. The molecule has 1 saturated heterocycles. The normalized spacial score (nSPS) is 16.0. The maximum absolute atomic E-state index is 12.1. The van der Waals surface area contributed by atoms with Gasteiger partial charge in [0, 0.05) is 30.4 Å². The highest BCUT2D eigenvalue weighted by Crippen LogP contribution is 2.35. The minimum atomic E-state index is 0.139. The first kappa shape index (κ1) is 16.2. The molecule has 0 bridgehead atoms. The molecule has 0 spiro atoms. The second-order valence-electron chi connectivity index (χ2n) is 6.21. The predicted molar refractivity (Wildman–Crippen MR) is 95.1 cm³/mol. The number of hydrogen-bond donors (Lipinski definition) is 1. The summed E-state index contributed by atoms with van der Waals surface area (Å²) in [6, 6.07) is 0. The number of nitrogens with one attached hydrogen (secondary N) is 1. The predicted octanol–water partition coefficient (Wildman–Crippen LogP) is 3.05. The SMILES string of the molecule is CCCNC(=O)C1CCN(c2ncnc3sc(C)c(C)c23)CC1. The summed E-state index contributed by atoms with van der Waals surface area (Å²) in [5.41, 5.74) is 1.28. The number of piperidine rings is 1. The Bertz CT molecular complexity index is 704. The third-order valence-electron chi connectivity index (χ3n) is 4.66. The highest BCUT2D eigenvalue weighted by atomic mass is 32.1. The van der Waals surface area contributed by atoms with Crippen LogP contribution >= 0.6 is 11.3 Å². The van der Waals surface area contributed by atoms with Gasteiger partial charge in [0.05, 0.1) is 5.39 Å². The standard InChI is InChI=1S/C17H24N4OS/c1-4-7-18-16(22)13-5-8-21(9-6-13)15-14-11(2)12(3)23-17(14)20-10-19-15/h10,13H,4-9H2,1-3H3,(H,18,22). The monoisotopic (exact) mass is 332 g/mol. The molecule has 23 heavy (non-hydrogen) atoms. The van der Waals surface area contributed by atoms with Crippen LogP contribution in [0.2, 0.25) is 0 Å². The maximum atomic E-state index is 12.1. The van der Waals surface area contributed by atoms with Crippen LogP contribution in [0.15, 0.2) is 6.33 Å². The number of thiophene rings is 1. The molecule has 0 saturated carbocycles. The van der Waals surface area contributed by atoms with Crippen molar-refractivity contribution in [1.29, 1.82) is 0 Å². The van der Waals surface area contributed by atoms with Crippen molar-refractivity contribution in [2.24, 2.45) is 5.92 Å². The molecule has 2 aromatic rings. The Morgan fingerprint density at radius 1 is 1.35 bits per heavy atom. The van der Waals surface area contributed by atoms with Gasteiger partial charge in [0.25, 0.3) is 0 Å². The molecule has 0 atom stereocenters. The zero-order chi connectivity index (χ0) is 16.4. The van der Waals surface area contributed by atoms with Gasteiger partial charge in [-0.2, -0.15) is 0 Å². The van der Waals surface area contributed by atoms with Gasteiger partial charge in [-0.3, -0.25) is 4.79 Å². The Morgan fingerprint density at radius 3 is 2.78 bits per heavy atom. The fourth-order valence-electron chi connectivity index (χ4n) is 3.15. The number of aryl methyl sites for hydroxylation is 2. The summed E-state index contributed by atoms with van der Waals surface area (Å²) in [7, 11) is 0. The van der Waals surface area contributed by atoms with Crippen molar-refractivity contribution >= 4 is 33.3 Å². The summed E-state index contributed by atoms with van der Waals surface area (Å²) in [6.07, 6.45) is 4.43. The fourth-order valence-corrected chi connectivity index (χ4v) is 4.14. The van der Waals surface area contributed by atoms with Crippen LogP contribution in [0.1, 0.15) is 36.6 Å². The molecule has 124 valence electrons. The van der Waals surface area contributed by atoms with Crippen LogP contribution in [0.25, 0.3) is 10.2 Å². The number of rotatable bonds is 4. The summed E-state index contributed by atoms with van der Waals surface area (Å²) in [4.78, 5) is 25.7. The highest BCUT2D eigenvalue weighted by molar-refractivity contribution is 7.18. The van der Waals surface area contributed by atoms with E-state index in [1.54, 1.807) is 17.7 Å². The lowest BCUT2D eigenvalue weighted by Crippen LogP contribution is -2.41. The van der Waals surface area contributed by atoms with E-state index in [0.29, 0.717) is 0 Å². The molecule has 3 heterocycles. The molecule has 3 rings (SSSR count). The van der Waals surface area contributed by atoms with Crippen molar-refractivity contribution in [3.63, 3.8) is 0 Å². The number of carbonyl (C=O) groups excluding carboxylic acids is 1. The average molecular weight is 332 g/mol. The van der Waals surface area contributed by atoms with Crippen LogP contribution in [-0.4, -0.2) is 35.5 Å². The van der Waals surface area contributed by atoms with Crippen LogP contribution < -0.4 is 10.2 Å². The maximum Gasteiger partial charge on any atom is 0.223 e. The van der Waals surface area contributed by atoms with Crippen LogP contribution in [0.5, 0.6) is 0 Å². The third-order valence-corrected chi connectivity index (χ3v) is 5.78. The van der Waals surface area contributed by atoms with Crippen molar-refractivity contribution in [3.05, 3.63) is 16.8 Å². The van der Waals surface area contributed by atoms with E-state index < -0.39 is 0 Å². The number of nitrogens with zero attached hydrogens (tertiary/aromatic N) is 3. The zero-order valence-corrected chi connectivity index (χ0v) is 14.9. The number of hydrogen-bond acceptors (Lipinski definition) is 5. The Hall–Kier alpha value is -1.69. The quantitative estimate of drug-likeness (QED) is 0.935. The van der Waals surface area contributed by atoms with Crippen LogP contribution in [0, 0.1) is 19.8 Å². The topological polar surface area (TPSA) is 58.1 Å². The number of carbonyl (C=O) groups is 1. The smallest absolute Gasteiger partial charge is 0.223 e. The Kier molecular flexibility index (Phi) is 4.80. The molecule has 0 aliphatic carbocycles. The van der Waals surface area contributed by atoms with Crippen molar-refractivity contribution < 1.29 is 4.79 Å². The molecule has 2 aromatic heterocycles. The Balaban J connectivity index is 1.74. The van der Waals surface area contributed by atoms with Crippen molar-refractivity contribution in [3.8, 4) is 0 Å². The molecule has 0 aromatic carbocycles. The van der Waals surface area contributed by atoms with Crippen molar-refractivity contribution in [1.82, 2.24) is 15.3 Å². The van der Waals surface area contributed by atoms with Gasteiger partial charge < -0.3 is 10.2 Å². The molecule has 1 aliphatic rings. The molecule has 1 amide bonds. The summed E-state index contributed by atoms with van der Waals surface area (Å²) in [5, 5.41) is 4.20. The molecule has 0 radical (unpaired) electrons. The Morgan fingerprint density at radius 2 is 2.09 bits per heavy atom. The van der Waals surface area contributed by atoms with E-state index in [1.165, 1.54) is 15.8 Å². The molecular formula is C17H24N4OS. The van der Waals surface area contributed by atoms with E-state index in [4.69, 9.17) is 0 Å². The lowest BCUT2D eigenvalue weighted by Gasteiger charge is -2.32. The summed E-state index contributed by atoms with van der Waals surface area (Å²) in [5.74, 6) is 1.38. The first-order valence-corrected chi connectivity index (χ1v) is 9.16. The van der Waals surface area contributed by atoms with Gasteiger partial charge in [-0.25, -0.2) is 9.97 Å². The van der Waals surface area contributed by atoms with Gasteiger partial charge in [-0.15, -0.1) is 11.3 Å². The second kappa shape index (κ2) is 6.83. The third kappa shape index (κ3) is 3.17. The van der Waals surface area contributed by atoms with Gasteiger partial charge in [-0.05, 0) is 38.7 Å². The molecule has 0 unspecified atom stereocenters. The van der Waals surface area contributed by atoms with Crippen LogP contribution in [0.4, 0.5) is 5.82 Å². The highest BCUT2D eigenvalue weighted by Gasteiger charge is 2.27. The summed E-state index contributed by atoms with van der Waals surface area (Å²) < 4.78 is 0. The number of amides is 1. The number of aromatic nitrogens is 2.